The molecular formula is C23H49N. The fourth-order valence-electron chi connectivity index (χ4n) is 3.51. The highest BCUT2D eigenvalue weighted by Crippen LogP contribution is 2.14. The first-order valence-corrected chi connectivity index (χ1v) is 11.4. The summed E-state index contributed by atoms with van der Waals surface area (Å²) in [6.45, 7) is 3.56. The molecule has 0 aromatic carbocycles. The Kier molecular flexibility index (Phi) is 21.0. The van der Waals surface area contributed by atoms with Gasteiger partial charge in [0.05, 0.1) is 0 Å². The van der Waals surface area contributed by atoms with Gasteiger partial charge in [-0.25, -0.2) is 0 Å². The molecule has 0 aromatic rings. The summed E-state index contributed by atoms with van der Waals surface area (Å²) in [7, 11) is 4.35. The second-order valence-electron chi connectivity index (χ2n) is 8.17. The Morgan fingerprint density at radius 1 is 0.375 bits per heavy atom. The minimum absolute atomic E-state index is 1.26. The van der Waals surface area contributed by atoms with Gasteiger partial charge in [-0.3, -0.25) is 0 Å². The zero-order chi connectivity index (χ0) is 17.7. The maximum atomic E-state index is 2.30. The fraction of sp³-hybridized carbons (Fsp3) is 1.00. The van der Waals surface area contributed by atoms with Gasteiger partial charge in [-0.1, -0.05) is 122 Å². The van der Waals surface area contributed by atoms with Gasteiger partial charge in [0.15, 0.2) is 0 Å². The molecule has 0 bridgehead atoms. The molecule has 0 radical (unpaired) electrons. The number of unbranched alkanes of at least 4 members (excludes halogenated alkanes) is 18. The molecule has 0 aliphatic heterocycles. The van der Waals surface area contributed by atoms with Crippen molar-refractivity contribution in [2.24, 2.45) is 0 Å². The summed E-state index contributed by atoms with van der Waals surface area (Å²) >= 11 is 0. The SMILES string of the molecule is CCCCCCCCCCCCCCCCCCCCCN(C)C. The number of hydrogen-bond acceptors (Lipinski definition) is 1. The summed E-state index contributed by atoms with van der Waals surface area (Å²) < 4.78 is 0. The van der Waals surface area contributed by atoms with Crippen molar-refractivity contribution in [1.82, 2.24) is 4.90 Å². The lowest BCUT2D eigenvalue weighted by Crippen LogP contribution is -2.12. The molecule has 0 fully saturated rings. The minimum Gasteiger partial charge on any atom is -0.309 e. The van der Waals surface area contributed by atoms with Gasteiger partial charge in [0.1, 0.15) is 0 Å². The summed E-state index contributed by atoms with van der Waals surface area (Å²) in [6.07, 6.45) is 27.8. The van der Waals surface area contributed by atoms with E-state index in [0.29, 0.717) is 0 Å². The first-order chi connectivity index (χ1) is 11.8. The number of hydrogen-bond donors (Lipinski definition) is 0. The molecule has 0 heterocycles. The van der Waals surface area contributed by atoms with Gasteiger partial charge in [0.25, 0.3) is 0 Å². The summed E-state index contributed by atoms with van der Waals surface area (Å²) in [5, 5.41) is 0. The van der Waals surface area contributed by atoms with Crippen LogP contribution in [0.5, 0.6) is 0 Å². The molecule has 0 saturated heterocycles. The van der Waals surface area contributed by atoms with E-state index in [9.17, 15) is 0 Å². The Balaban J connectivity index is 2.95. The number of nitrogens with zero attached hydrogens (tertiary/aromatic N) is 1. The van der Waals surface area contributed by atoms with Crippen LogP contribution in [-0.2, 0) is 0 Å². The minimum atomic E-state index is 1.26. The van der Waals surface area contributed by atoms with E-state index in [-0.39, 0.29) is 0 Å². The van der Waals surface area contributed by atoms with Crippen LogP contribution in [0.1, 0.15) is 129 Å². The molecule has 0 spiro atoms. The highest BCUT2D eigenvalue weighted by Gasteiger charge is 1.95. The quantitative estimate of drug-likeness (QED) is 0.203. The van der Waals surface area contributed by atoms with E-state index in [2.05, 4.69) is 25.9 Å². The first-order valence-electron chi connectivity index (χ1n) is 11.4. The van der Waals surface area contributed by atoms with Crippen LogP contribution in [0, 0.1) is 0 Å². The number of rotatable bonds is 20. The third-order valence-corrected chi connectivity index (χ3v) is 5.21. The molecule has 0 saturated carbocycles. The van der Waals surface area contributed by atoms with Gasteiger partial charge in [-0.05, 0) is 27.1 Å². The van der Waals surface area contributed by atoms with E-state index in [0.717, 1.165) is 0 Å². The predicted octanol–water partition coefficient (Wildman–Crippen LogP) is 7.98. The summed E-state index contributed by atoms with van der Waals surface area (Å²) in [5.74, 6) is 0. The van der Waals surface area contributed by atoms with Crippen LogP contribution in [0.4, 0.5) is 0 Å². The second-order valence-corrected chi connectivity index (χ2v) is 8.17. The van der Waals surface area contributed by atoms with Crippen molar-refractivity contribution >= 4 is 0 Å². The summed E-state index contributed by atoms with van der Waals surface area (Å²) in [6, 6.07) is 0. The lowest BCUT2D eigenvalue weighted by Gasteiger charge is -2.08. The van der Waals surface area contributed by atoms with Gasteiger partial charge >= 0.3 is 0 Å². The van der Waals surface area contributed by atoms with Crippen molar-refractivity contribution in [3.05, 3.63) is 0 Å². The van der Waals surface area contributed by atoms with Crippen LogP contribution in [0.25, 0.3) is 0 Å². The molecule has 146 valence electrons. The van der Waals surface area contributed by atoms with Crippen molar-refractivity contribution in [3.8, 4) is 0 Å². The second kappa shape index (κ2) is 21.0. The molecule has 0 N–H and O–H groups in total. The Hall–Kier alpha value is -0.0400. The van der Waals surface area contributed by atoms with Crippen molar-refractivity contribution in [2.45, 2.75) is 129 Å². The standard InChI is InChI=1S/C23H49N/c1-4-5-6-7-8-9-10-11-12-13-14-15-16-17-18-19-20-21-22-23-24(2)3/h4-23H2,1-3H3. The Morgan fingerprint density at radius 3 is 0.875 bits per heavy atom. The van der Waals surface area contributed by atoms with E-state index in [1.165, 1.54) is 129 Å². The summed E-state index contributed by atoms with van der Waals surface area (Å²) in [5.41, 5.74) is 0. The van der Waals surface area contributed by atoms with Gasteiger partial charge in [0, 0.05) is 0 Å². The molecule has 0 aliphatic rings. The molecule has 0 amide bonds. The van der Waals surface area contributed by atoms with Crippen LogP contribution in [0.3, 0.4) is 0 Å². The molecule has 1 heteroatoms. The third kappa shape index (κ3) is 22.0. The molecule has 0 unspecified atom stereocenters. The fourth-order valence-corrected chi connectivity index (χ4v) is 3.51. The lowest BCUT2D eigenvalue weighted by molar-refractivity contribution is 0.389. The van der Waals surface area contributed by atoms with Crippen LogP contribution in [-0.4, -0.2) is 25.5 Å². The normalized spacial score (nSPS) is 11.5. The highest BCUT2D eigenvalue weighted by molar-refractivity contribution is 4.51. The van der Waals surface area contributed by atoms with Gasteiger partial charge in [-0.2, -0.15) is 0 Å². The van der Waals surface area contributed by atoms with Crippen molar-refractivity contribution < 1.29 is 0 Å². The monoisotopic (exact) mass is 339 g/mol. The van der Waals surface area contributed by atoms with Crippen molar-refractivity contribution in [1.29, 1.82) is 0 Å². The van der Waals surface area contributed by atoms with Crippen LogP contribution < -0.4 is 0 Å². The zero-order valence-electron chi connectivity index (χ0n) is 17.6. The zero-order valence-corrected chi connectivity index (χ0v) is 17.6. The van der Waals surface area contributed by atoms with Crippen molar-refractivity contribution in [2.75, 3.05) is 20.6 Å². The molecular weight excluding hydrogens is 290 g/mol. The summed E-state index contributed by atoms with van der Waals surface area (Å²) in [4.78, 5) is 2.30. The van der Waals surface area contributed by atoms with Crippen molar-refractivity contribution in [3.63, 3.8) is 0 Å². The molecule has 24 heavy (non-hydrogen) atoms. The lowest BCUT2D eigenvalue weighted by atomic mass is 10.0. The van der Waals surface area contributed by atoms with Gasteiger partial charge in [-0.15, -0.1) is 0 Å². The average molecular weight is 340 g/mol. The van der Waals surface area contributed by atoms with E-state index in [1.54, 1.807) is 0 Å². The average Bonchev–Trinajstić information content (AvgIpc) is 2.56. The maximum Gasteiger partial charge on any atom is -0.00248 e. The van der Waals surface area contributed by atoms with E-state index >= 15 is 0 Å². The smallest absolute Gasteiger partial charge is 0.00248 e. The predicted molar refractivity (Wildman–Crippen MR) is 112 cm³/mol. The van der Waals surface area contributed by atoms with Crippen LogP contribution >= 0.6 is 0 Å². The van der Waals surface area contributed by atoms with Gasteiger partial charge < -0.3 is 4.90 Å². The molecule has 0 aromatic heterocycles. The molecule has 0 rings (SSSR count). The highest BCUT2D eigenvalue weighted by atomic mass is 15.0. The van der Waals surface area contributed by atoms with E-state index in [4.69, 9.17) is 0 Å². The van der Waals surface area contributed by atoms with E-state index in [1.807, 2.05) is 0 Å². The van der Waals surface area contributed by atoms with Crippen LogP contribution in [0.2, 0.25) is 0 Å². The van der Waals surface area contributed by atoms with E-state index < -0.39 is 0 Å². The molecule has 0 atom stereocenters. The third-order valence-electron chi connectivity index (χ3n) is 5.21. The Morgan fingerprint density at radius 2 is 0.625 bits per heavy atom. The van der Waals surface area contributed by atoms with Gasteiger partial charge in [0.2, 0.25) is 0 Å². The Labute approximate surface area is 155 Å². The Bertz CT molecular complexity index is 212. The maximum absolute atomic E-state index is 2.30. The molecule has 1 nitrogen and oxygen atoms in total. The topological polar surface area (TPSA) is 3.24 Å². The molecule has 0 aliphatic carbocycles. The van der Waals surface area contributed by atoms with Crippen LogP contribution in [0.15, 0.2) is 0 Å². The first kappa shape index (κ1) is 24.0. The largest absolute Gasteiger partial charge is 0.309 e.